The van der Waals surface area contributed by atoms with E-state index < -0.39 is 17.8 Å². The van der Waals surface area contributed by atoms with Crippen LogP contribution in [0.25, 0.3) is 0 Å². The van der Waals surface area contributed by atoms with Gasteiger partial charge in [0, 0.05) is 18.3 Å². The molecule has 2 aliphatic rings. The number of nitrogens with one attached hydrogen (secondary N) is 1. The van der Waals surface area contributed by atoms with Crippen molar-refractivity contribution in [2.75, 3.05) is 0 Å². The summed E-state index contributed by atoms with van der Waals surface area (Å²) in [5.41, 5.74) is 1.87. The molecule has 5 atom stereocenters. The topological polar surface area (TPSA) is 84.2 Å². The zero-order valence-corrected chi connectivity index (χ0v) is 13.7. The number of fused-ring (bicyclic) bond motifs is 2. The standard InChI is InChI=1S/C17H23N3O3/c1-4-20-8-13(10(3)19-20)9(2)18-16(21)14-11-5-6-12(7-11)15(14)17(22)23/h5-6,8-9,11-12,14-15H,4,7H2,1-3H3,(H,18,21)(H,22,23)/t9-,11+,12+,14-,15+/m1/s1. The number of hydrogen-bond donors (Lipinski definition) is 2. The number of aliphatic carboxylic acids is 1. The van der Waals surface area contributed by atoms with Crippen molar-refractivity contribution in [3.05, 3.63) is 29.6 Å². The molecule has 6 heteroatoms. The van der Waals surface area contributed by atoms with Gasteiger partial charge in [-0.3, -0.25) is 14.3 Å². The van der Waals surface area contributed by atoms with Crippen LogP contribution in [-0.4, -0.2) is 26.8 Å². The van der Waals surface area contributed by atoms with Gasteiger partial charge in [0.2, 0.25) is 5.91 Å². The van der Waals surface area contributed by atoms with E-state index in [0.717, 1.165) is 24.2 Å². The predicted octanol–water partition coefficient (Wildman–Crippen LogP) is 1.91. The second kappa shape index (κ2) is 5.83. The molecule has 0 spiro atoms. The smallest absolute Gasteiger partial charge is 0.307 e. The highest BCUT2D eigenvalue weighted by molar-refractivity contribution is 5.87. The van der Waals surface area contributed by atoms with Crippen molar-refractivity contribution < 1.29 is 14.7 Å². The summed E-state index contributed by atoms with van der Waals surface area (Å²) in [5, 5.41) is 16.9. The number of carbonyl (C=O) groups is 2. The van der Waals surface area contributed by atoms with Crippen LogP contribution in [-0.2, 0) is 16.1 Å². The van der Waals surface area contributed by atoms with E-state index in [2.05, 4.69) is 10.4 Å². The maximum Gasteiger partial charge on any atom is 0.307 e. The minimum Gasteiger partial charge on any atom is -0.481 e. The number of aryl methyl sites for hydroxylation is 2. The van der Waals surface area contributed by atoms with Crippen molar-refractivity contribution in [2.24, 2.45) is 23.7 Å². The summed E-state index contributed by atoms with van der Waals surface area (Å²) in [7, 11) is 0. The maximum absolute atomic E-state index is 12.7. The molecule has 2 aliphatic carbocycles. The Bertz CT molecular complexity index is 664. The van der Waals surface area contributed by atoms with E-state index in [1.165, 1.54) is 0 Å². The van der Waals surface area contributed by atoms with Gasteiger partial charge < -0.3 is 10.4 Å². The summed E-state index contributed by atoms with van der Waals surface area (Å²) >= 11 is 0. The minimum atomic E-state index is -0.871. The number of allylic oxidation sites excluding steroid dienone is 2. The molecule has 1 heterocycles. The quantitative estimate of drug-likeness (QED) is 0.813. The summed E-state index contributed by atoms with van der Waals surface area (Å²) < 4.78 is 1.84. The van der Waals surface area contributed by atoms with Crippen LogP contribution in [0.2, 0.25) is 0 Å². The molecule has 1 amide bonds. The van der Waals surface area contributed by atoms with Crippen LogP contribution in [0.3, 0.4) is 0 Å². The first kappa shape index (κ1) is 15.8. The summed E-state index contributed by atoms with van der Waals surface area (Å²) in [6.45, 7) is 6.63. The van der Waals surface area contributed by atoms with E-state index in [1.807, 2.05) is 43.8 Å². The number of aromatic nitrogens is 2. The number of nitrogens with zero attached hydrogens (tertiary/aromatic N) is 2. The van der Waals surface area contributed by atoms with Gasteiger partial charge in [-0.25, -0.2) is 0 Å². The van der Waals surface area contributed by atoms with Crippen LogP contribution in [0.5, 0.6) is 0 Å². The number of carboxylic acids is 1. The van der Waals surface area contributed by atoms with Crippen LogP contribution < -0.4 is 5.32 Å². The molecule has 1 fully saturated rings. The zero-order chi connectivity index (χ0) is 16.7. The Kier molecular flexibility index (Phi) is 4.00. The molecular weight excluding hydrogens is 294 g/mol. The van der Waals surface area contributed by atoms with Crippen LogP contribution in [0.4, 0.5) is 0 Å². The lowest BCUT2D eigenvalue weighted by atomic mass is 9.82. The predicted molar refractivity (Wildman–Crippen MR) is 84.5 cm³/mol. The van der Waals surface area contributed by atoms with E-state index >= 15 is 0 Å². The van der Waals surface area contributed by atoms with Crippen molar-refractivity contribution in [1.82, 2.24) is 15.1 Å². The highest BCUT2D eigenvalue weighted by Crippen LogP contribution is 2.48. The molecule has 2 N–H and O–H groups in total. The molecule has 0 aromatic carbocycles. The van der Waals surface area contributed by atoms with Crippen molar-refractivity contribution in [3.63, 3.8) is 0 Å². The molecule has 1 aromatic heterocycles. The Morgan fingerprint density at radius 2 is 2.04 bits per heavy atom. The van der Waals surface area contributed by atoms with Gasteiger partial charge in [-0.1, -0.05) is 12.2 Å². The Hall–Kier alpha value is -2.11. The number of rotatable bonds is 5. The van der Waals surface area contributed by atoms with E-state index in [1.54, 1.807) is 0 Å². The van der Waals surface area contributed by atoms with E-state index in [-0.39, 0.29) is 23.8 Å². The fourth-order valence-electron chi connectivity index (χ4n) is 4.02. The molecular formula is C17H23N3O3. The summed E-state index contributed by atoms with van der Waals surface area (Å²) in [6.07, 6.45) is 6.66. The molecule has 0 saturated heterocycles. The van der Waals surface area contributed by atoms with Crippen molar-refractivity contribution in [2.45, 2.75) is 39.8 Å². The Morgan fingerprint density at radius 1 is 1.39 bits per heavy atom. The molecule has 3 rings (SSSR count). The minimum absolute atomic E-state index is 0.00636. The normalized spacial score (nSPS) is 29.7. The second-order valence-electron chi connectivity index (χ2n) is 6.59. The largest absolute Gasteiger partial charge is 0.481 e. The van der Waals surface area contributed by atoms with Crippen molar-refractivity contribution in [1.29, 1.82) is 0 Å². The number of hydrogen-bond acceptors (Lipinski definition) is 3. The summed E-state index contributed by atoms with van der Waals surface area (Å²) in [4.78, 5) is 24.2. The lowest BCUT2D eigenvalue weighted by molar-refractivity contribution is -0.148. The molecule has 0 aliphatic heterocycles. The molecule has 0 unspecified atom stereocenters. The van der Waals surface area contributed by atoms with Gasteiger partial charge in [0.15, 0.2) is 0 Å². The number of carboxylic acid groups (broad SMARTS) is 1. The number of amides is 1. The number of carbonyl (C=O) groups excluding carboxylic acids is 1. The molecule has 124 valence electrons. The zero-order valence-electron chi connectivity index (χ0n) is 13.7. The first-order chi connectivity index (χ1) is 10.9. The van der Waals surface area contributed by atoms with Crippen LogP contribution in [0.15, 0.2) is 18.3 Å². The fraction of sp³-hybridized carbons (Fsp3) is 0.588. The molecule has 1 aromatic rings. The van der Waals surface area contributed by atoms with Gasteiger partial charge in [-0.05, 0) is 39.0 Å². The van der Waals surface area contributed by atoms with Crippen LogP contribution in [0.1, 0.15) is 37.6 Å². The average molecular weight is 317 g/mol. The van der Waals surface area contributed by atoms with Crippen LogP contribution in [0, 0.1) is 30.6 Å². The molecule has 6 nitrogen and oxygen atoms in total. The Morgan fingerprint density at radius 3 is 2.61 bits per heavy atom. The third-order valence-electron chi connectivity index (χ3n) is 5.18. The summed E-state index contributed by atoms with van der Waals surface area (Å²) in [6, 6.07) is -0.180. The maximum atomic E-state index is 12.7. The van der Waals surface area contributed by atoms with Gasteiger partial charge >= 0.3 is 5.97 Å². The summed E-state index contributed by atoms with van der Waals surface area (Å²) in [5.74, 6) is -2.06. The highest BCUT2D eigenvalue weighted by atomic mass is 16.4. The highest BCUT2D eigenvalue weighted by Gasteiger charge is 2.51. The van der Waals surface area contributed by atoms with Crippen molar-refractivity contribution >= 4 is 11.9 Å². The van der Waals surface area contributed by atoms with E-state index in [4.69, 9.17) is 0 Å². The second-order valence-corrected chi connectivity index (χ2v) is 6.59. The Labute approximate surface area is 135 Å². The first-order valence-electron chi connectivity index (χ1n) is 8.17. The monoisotopic (exact) mass is 317 g/mol. The third-order valence-corrected chi connectivity index (χ3v) is 5.18. The van der Waals surface area contributed by atoms with Gasteiger partial charge in [0.1, 0.15) is 0 Å². The van der Waals surface area contributed by atoms with Gasteiger partial charge in [-0.15, -0.1) is 0 Å². The first-order valence-corrected chi connectivity index (χ1v) is 8.17. The lowest BCUT2D eigenvalue weighted by Gasteiger charge is -2.25. The molecule has 23 heavy (non-hydrogen) atoms. The third kappa shape index (κ3) is 2.66. The molecule has 0 radical (unpaired) electrons. The SMILES string of the molecule is CCn1cc([C@@H](C)NC(=O)[C@H]2[C@@H](C(=O)O)[C@H]3C=C[C@H]2C3)c(C)n1. The fourth-order valence-corrected chi connectivity index (χ4v) is 4.02. The van der Waals surface area contributed by atoms with E-state index in [9.17, 15) is 14.7 Å². The Balaban J connectivity index is 1.74. The van der Waals surface area contributed by atoms with Gasteiger partial charge in [0.25, 0.3) is 0 Å². The average Bonchev–Trinajstić information content (AvgIpc) is 3.19. The molecule has 2 bridgehead atoms. The molecule has 1 saturated carbocycles. The van der Waals surface area contributed by atoms with E-state index in [0.29, 0.717) is 0 Å². The van der Waals surface area contributed by atoms with Crippen molar-refractivity contribution in [3.8, 4) is 0 Å². The van der Waals surface area contributed by atoms with Crippen LogP contribution >= 0.6 is 0 Å². The lowest BCUT2D eigenvalue weighted by Crippen LogP contribution is -2.41. The van der Waals surface area contributed by atoms with Gasteiger partial charge in [-0.2, -0.15) is 5.10 Å². The van der Waals surface area contributed by atoms with Gasteiger partial charge in [0.05, 0.1) is 23.6 Å².